The molecule has 0 aliphatic carbocycles. The monoisotopic (exact) mass is 266 g/mol. The molecule has 1 fully saturated rings. The summed E-state index contributed by atoms with van der Waals surface area (Å²) in [6.45, 7) is 1.74. The standard InChI is InChI=1S/C13H15FN2O3/c14-11-6-9(1-2-10(11)13(18)19)16-12(17)5-8-3-4-15-7-8/h1-2,6,8,15H,3-5,7H2,(H,16,17)(H,18,19). The van der Waals surface area contributed by atoms with Gasteiger partial charge in [-0.2, -0.15) is 0 Å². The number of carboxylic acid groups (broad SMARTS) is 1. The molecule has 19 heavy (non-hydrogen) atoms. The molecule has 102 valence electrons. The fraction of sp³-hybridized carbons (Fsp3) is 0.385. The maximum Gasteiger partial charge on any atom is 0.338 e. The molecule has 1 amide bonds. The molecule has 1 saturated heterocycles. The van der Waals surface area contributed by atoms with Crippen molar-refractivity contribution < 1.29 is 19.1 Å². The number of carbonyl (C=O) groups is 2. The van der Waals surface area contributed by atoms with Crippen LogP contribution in [0.4, 0.5) is 10.1 Å². The second kappa shape index (κ2) is 5.79. The zero-order chi connectivity index (χ0) is 13.8. The average molecular weight is 266 g/mol. The van der Waals surface area contributed by atoms with Crippen LogP contribution in [0.3, 0.4) is 0 Å². The maximum atomic E-state index is 13.4. The van der Waals surface area contributed by atoms with E-state index in [1.165, 1.54) is 6.07 Å². The molecule has 1 atom stereocenters. The number of aromatic carboxylic acids is 1. The van der Waals surface area contributed by atoms with E-state index in [1.807, 2.05) is 0 Å². The SMILES string of the molecule is O=C(CC1CCNC1)Nc1ccc(C(=O)O)c(F)c1. The Kier molecular flexibility index (Phi) is 4.11. The molecule has 1 aromatic carbocycles. The minimum Gasteiger partial charge on any atom is -0.478 e. The van der Waals surface area contributed by atoms with E-state index >= 15 is 0 Å². The van der Waals surface area contributed by atoms with Gasteiger partial charge in [0.25, 0.3) is 0 Å². The number of anilines is 1. The molecule has 0 spiro atoms. The van der Waals surface area contributed by atoms with Crippen molar-refractivity contribution in [3.63, 3.8) is 0 Å². The molecule has 1 heterocycles. The van der Waals surface area contributed by atoms with Gasteiger partial charge in [0.15, 0.2) is 0 Å². The lowest BCUT2D eigenvalue weighted by Crippen LogP contribution is -2.18. The number of hydrogen-bond donors (Lipinski definition) is 3. The van der Waals surface area contributed by atoms with Gasteiger partial charge in [-0.1, -0.05) is 0 Å². The first-order valence-corrected chi connectivity index (χ1v) is 6.09. The Labute approximate surface area is 109 Å². The maximum absolute atomic E-state index is 13.4. The van der Waals surface area contributed by atoms with Crippen LogP contribution < -0.4 is 10.6 Å². The molecule has 0 saturated carbocycles. The molecular weight excluding hydrogens is 251 g/mol. The Morgan fingerprint density at radius 1 is 1.47 bits per heavy atom. The third-order valence-corrected chi connectivity index (χ3v) is 3.12. The first kappa shape index (κ1) is 13.5. The van der Waals surface area contributed by atoms with Crippen molar-refractivity contribution >= 4 is 17.6 Å². The molecule has 1 aromatic rings. The molecule has 3 N–H and O–H groups in total. The topological polar surface area (TPSA) is 78.4 Å². The highest BCUT2D eigenvalue weighted by Gasteiger charge is 2.18. The first-order chi connectivity index (χ1) is 9.06. The lowest BCUT2D eigenvalue weighted by atomic mass is 10.0. The van der Waals surface area contributed by atoms with Crippen molar-refractivity contribution in [2.45, 2.75) is 12.8 Å². The summed E-state index contributed by atoms with van der Waals surface area (Å²) < 4.78 is 13.4. The summed E-state index contributed by atoms with van der Waals surface area (Å²) in [4.78, 5) is 22.4. The molecule has 0 radical (unpaired) electrons. The summed E-state index contributed by atoms with van der Waals surface area (Å²) in [7, 11) is 0. The van der Waals surface area contributed by atoms with Gasteiger partial charge in [0, 0.05) is 12.1 Å². The van der Waals surface area contributed by atoms with E-state index in [-0.39, 0.29) is 11.6 Å². The van der Waals surface area contributed by atoms with E-state index < -0.39 is 17.3 Å². The van der Waals surface area contributed by atoms with E-state index in [1.54, 1.807) is 0 Å². The van der Waals surface area contributed by atoms with Crippen LogP contribution in [0.25, 0.3) is 0 Å². The predicted octanol–water partition coefficient (Wildman–Crippen LogP) is 1.46. The first-order valence-electron chi connectivity index (χ1n) is 6.09. The van der Waals surface area contributed by atoms with Crippen molar-refractivity contribution in [3.05, 3.63) is 29.6 Å². The van der Waals surface area contributed by atoms with Gasteiger partial charge in [0.1, 0.15) is 5.82 Å². The Hall–Kier alpha value is -1.95. The Morgan fingerprint density at radius 2 is 2.26 bits per heavy atom. The van der Waals surface area contributed by atoms with E-state index in [2.05, 4.69) is 10.6 Å². The number of halogens is 1. The number of benzene rings is 1. The average Bonchev–Trinajstić information content (AvgIpc) is 2.81. The molecule has 5 nitrogen and oxygen atoms in total. The highest BCUT2D eigenvalue weighted by atomic mass is 19.1. The van der Waals surface area contributed by atoms with E-state index in [9.17, 15) is 14.0 Å². The second-order valence-electron chi connectivity index (χ2n) is 4.61. The molecule has 1 aliphatic rings. The molecule has 6 heteroatoms. The summed E-state index contributed by atoms with van der Waals surface area (Å²) in [5.41, 5.74) is -0.128. The van der Waals surface area contributed by atoms with Gasteiger partial charge in [-0.3, -0.25) is 4.79 Å². The fourth-order valence-electron chi connectivity index (χ4n) is 2.13. The van der Waals surface area contributed by atoms with Gasteiger partial charge in [0.05, 0.1) is 5.56 Å². The van der Waals surface area contributed by atoms with Crippen LogP contribution in [-0.4, -0.2) is 30.1 Å². The summed E-state index contributed by atoms with van der Waals surface area (Å²) in [6, 6.07) is 3.55. The Morgan fingerprint density at radius 3 is 2.84 bits per heavy atom. The van der Waals surface area contributed by atoms with Crippen molar-refractivity contribution in [3.8, 4) is 0 Å². The van der Waals surface area contributed by atoms with Crippen LogP contribution in [0.2, 0.25) is 0 Å². The third kappa shape index (κ3) is 3.51. The number of hydrogen-bond acceptors (Lipinski definition) is 3. The normalized spacial score (nSPS) is 18.3. The van der Waals surface area contributed by atoms with Crippen LogP contribution >= 0.6 is 0 Å². The molecule has 0 bridgehead atoms. The number of amides is 1. The van der Waals surface area contributed by atoms with Gasteiger partial charge in [-0.25, -0.2) is 9.18 Å². The minimum atomic E-state index is -1.33. The summed E-state index contributed by atoms with van der Waals surface area (Å²) in [6.07, 6.45) is 1.34. The zero-order valence-electron chi connectivity index (χ0n) is 10.3. The number of carboxylic acids is 1. The fourth-order valence-corrected chi connectivity index (χ4v) is 2.13. The van der Waals surface area contributed by atoms with Gasteiger partial charge >= 0.3 is 5.97 Å². The highest BCUT2D eigenvalue weighted by molar-refractivity contribution is 5.92. The summed E-state index contributed by atoms with van der Waals surface area (Å²) in [5, 5.41) is 14.4. The smallest absolute Gasteiger partial charge is 0.338 e. The highest BCUT2D eigenvalue weighted by Crippen LogP contribution is 2.17. The largest absolute Gasteiger partial charge is 0.478 e. The zero-order valence-corrected chi connectivity index (χ0v) is 10.3. The molecule has 0 aromatic heterocycles. The molecular formula is C13H15FN2O3. The number of carbonyl (C=O) groups excluding carboxylic acids is 1. The molecule has 1 unspecified atom stereocenters. The van der Waals surface area contributed by atoms with E-state index in [0.29, 0.717) is 12.3 Å². The van der Waals surface area contributed by atoms with Crippen molar-refractivity contribution in [2.75, 3.05) is 18.4 Å². The Balaban J connectivity index is 1.96. The van der Waals surface area contributed by atoms with Gasteiger partial charge < -0.3 is 15.7 Å². The van der Waals surface area contributed by atoms with Crippen molar-refractivity contribution in [1.82, 2.24) is 5.32 Å². The Bertz CT molecular complexity index is 499. The lowest BCUT2D eigenvalue weighted by Gasteiger charge is -2.09. The lowest BCUT2D eigenvalue weighted by molar-refractivity contribution is -0.116. The summed E-state index contributed by atoms with van der Waals surface area (Å²) in [5.74, 6) is -2.06. The van der Waals surface area contributed by atoms with Gasteiger partial charge in [-0.15, -0.1) is 0 Å². The third-order valence-electron chi connectivity index (χ3n) is 3.12. The van der Waals surface area contributed by atoms with Crippen LogP contribution in [0.15, 0.2) is 18.2 Å². The van der Waals surface area contributed by atoms with Gasteiger partial charge in [0.2, 0.25) is 5.91 Å². The predicted molar refractivity (Wildman–Crippen MR) is 67.6 cm³/mol. The minimum absolute atomic E-state index is 0.184. The van der Waals surface area contributed by atoms with Crippen LogP contribution in [-0.2, 0) is 4.79 Å². The van der Waals surface area contributed by atoms with Gasteiger partial charge in [-0.05, 0) is 43.6 Å². The number of rotatable bonds is 4. The molecule has 2 rings (SSSR count). The van der Waals surface area contributed by atoms with Crippen LogP contribution in [0, 0.1) is 11.7 Å². The van der Waals surface area contributed by atoms with Crippen molar-refractivity contribution in [2.24, 2.45) is 5.92 Å². The van der Waals surface area contributed by atoms with E-state index in [4.69, 9.17) is 5.11 Å². The molecule has 1 aliphatic heterocycles. The van der Waals surface area contributed by atoms with E-state index in [0.717, 1.165) is 31.6 Å². The van der Waals surface area contributed by atoms with Crippen molar-refractivity contribution in [1.29, 1.82) is 0 Å². The van der Waals surface area contributed by atoms with Crippen LogP contribution in [0.5, 0.6) is 0 Å². The second-order valence-corrected chi connectivity index (χ2v) is 4.61. The summed E-state index contributed by atoms with van der Waals surface area (Å²) >= 11 is 0. The number of nitrogens with one attached hydrogen (secondary N) is 2. The van der Waals surface area contributed by atoms with Crippen LogP contribution in [0.1, 0.15) is 23.2 Å². The quantitative estimate of drug-likeness (QED) is 0.771.